The molecule has 0 radical (unpaired) electrons. The number of ether oxygens (including phenoxy) is 1. The number of anilines is 1. The van der Waals surface area contributed by atoms with Gasteiger partial charge in [-0.05, 0) is 43.0 Å². The average Bonchev–Trinajstić information content (AvgIpc) is 3.09. The lowest BCUT2D eigenvalue weighted by Crippen LogP contribution is -2.57. The van der Waals surface area contributed by atoms with Crippen molar-refractivity contribution in [2.45, 2.75) is 31.5 Å². The van der Waals surface area contributed by atoms with Crippen molar-refractivity contribution < 1.29 is 9.15 Å². The van der Waals surface area contributed by atoms with Crippen molar-refractivity contribution in [2.24, 2.45) is 5.92 Å². The SMILES string of the molecule is c1ccc(N[C@@H]2CN(Cc3ccco3)C[C@H]3CCCO[C@H]32)nc1. The van der Waals surface area contributed by atoms with Gasteiger partial charge < -0.3 is 14.5 Å². The molecule has 5 heteroatoms. The number of furan rings is 1. The number of piperidine rings is 1. The standard InChI is InChI=1S/C18H23N3O2/c1-2-8-19-17(7-1)20-16-13-21(12-15-6-4-9-22-15)11-14-5-3-10-23-18(14)16/h1-2,4,6-9,14,16,18H,3,5,10-13H2,(H,19,20)/t14-,16-,18-/m1/s1. The minimum absolute atomic E-state index is 0.263. The number of rotatable bonds is 4. The number of hydrogen-bond acceptors (Lipinski definition) is 5. The van der Waals surface area contributed by atoms with Gasteiger partial charge in [0, 0.05) is 25.9 Å². The maximum atomic E-state index is 6.11. The Balaban J connectivity index is 1.49. The van der Waals surface area contributed by atoms with Crippen molar-refractivity contribution >= 4 is 5.82 Å². The number of fused-ring (bicyclic) bond motifs is 1. The van der Waals surface area contributed by atoms with Crippen molar-refractivity contribution in [3.63, 3.8) is 0 Å². The monoisotopic (exact) mass is 313 g/mol. The zero-order valence-electron chi connectivity index (χ0n) is 13.2. The van der Waals surface area contributed by atoms with Crippen molar-refractivity contribution in [3.05, 3.63) is 48.6 Å². The quantitative estimate of drug-likeness (QED) is 0.940. The maximum Gasteiger partial charge on any atom is 0.126 e. The van der Waals surface area contributed by atoms with E-state index < -0.39 is 0 Å². The van der Waals surface area contributed by atoms with E-state index in [4.69, 9.17) is 9.15 Å². The highest BCUT2D eigenvalue weighted by atomic mass is 16.5. The zero-order valence-corrected chi connectivity index (χ0v) is 13.2. The molecule has 0 aliphatic carbocycles. The molecule has 2 aliphatic rings. The van der Waals surface area contributed by atoms with Crippen LogP contribution in [0.15, 0.2) is 47.2 Å². The molecule has 122 valence electrons. The fraction of sp³-hybridized carbons (Fsp3) is 0.500. The van der Waals surface area contributed by atoms with Gasteiger partial charge >= 0.3 is 0 Å². The summed E-state index contributed by atoms with van der Waals surface area (Å²) in [4.78, 5) is 6.88. The van der Waals surface area contributed by atoms with Crippen LogP contribution in [0.3, 0.4) is 0 Å². The van der Waals surface area contributed by atoms with Crippen LogP contribution in [0.4, 0.5) is 5.82 Å². The lowest BCUT2D eigenvalue weighted by atomic mass is 9.85. The second-order valence-electron chi connectivity index (χ2n) is 6.48. The highest BCUT2D eigenvalue weighted by Gasteiger charge is 2.39. The van der Waals surface area contributed by atoms with Crippen molar-refractivity contribution in [1.82, 2.24) is 9.88 Å². The first-order valence-electron chi connectivity index (χ1n) is 8.42. The van der Waals surface area contributed by atoms with E-state index in [0.717, 1.165) is 44.2 Å². The van der Waals surface area contributed by atoms with Crippen LogP contribution in [0.25, 0.3) is 0 Å². The Morgan fingerprint density at radius 2 is 2.22 bits per heavy atom. The van der Waals surface area contributed by atoms with E-state index >= 15 is 0 Å². The lowest BCUT2D eigenvalue weighted by Gasteiger charge is -2.46. The van der Waals surface area contributed by atoms with Gasteiger partial charge in [0.05, 0.1) is 25.0 Å². The number of hydrogen-bond donors (Lipinski definition) is 1. The molecule has 2 saturated heterocycles. The molecule has 0 amide bonds. The maximum absolute atomic E-state index is 6.11. The predicted octanol–water partition coefficient (Wildman–Crippen LogP) is 2.77. The van der Waals surface area contributed by atoms with Crippen LogP contribution in [-0.2, 0) is 11.3 Å². The van der Waals surface area contributed by atoms with Crippen LogP contribution < -0.4 is 5.32 Å². The first-order chi connectivity index (χ1) is 11.4. The average molecular weight is 313 g/mol. The number of likely N-dealkylation sites (tertiary alicyclic amines) is 1. The molecule has 0 bridgehead atoms. The van der Waals surface area contributed by atoms with Crippen molar-refractivity contribution in [2.75, 3.05) is 25.0 Å². The Morgan fingerprint density at radius 1 is 1.22 bits per heavy atom. The zero-order chi connectivity index (χ0) is 15.5. The fourth-order valence-corrected chi connectivity index (χ4v) is 3.81. The molecule has 2 aromatic heterocycles. The van der Waals surface area contributed by atoms with Crippen molar-refractivity contribution in [1.29, 1.82) is 0 Å². The van der Waals surface area contributed by atoms with E-state index in [0.29, 0.717) is 5.92 Å². The number of aromatic nitrogens is 1. The summed E-state index contributed by atoms with van der Waals surface area (Å²) < 4.78 is 11.6. The van der Waals surface area contributed by atoms with E-state index in [1.807, 2.05) is 36.5 Å². The predicted molar refractivity (Wildman–Crippen MR) is 88.1 cm³/mol. The lowest BCUT2D eigenvalue weighted by molar-refractivity contribution is -0.0755. The molecule has 0 spiro atoms. The van der Waals surface area contributed by atoms with Crippen LogP contribution in [0.5, 0.6) is 0 Å². The van der Waals surface area contributed by atoms with Crippen LogP contribution in [0.2, 0.25) is 0 Å². The molecule has 0 saturated carbocycles. The normalized spacial score (nSPS) is 28.3. The van der Waals surface area contributed by atoms with Gasteiger partial charge in [0.15, 0.2) is 0 Å². The minimum Gasteiger partial charge on any atom is -0.468 e. The van der Waals surface area contributed by atoms with Gasteiger partial charge in [-0.1, -0.05) is 6.07 Å². The molecule has 5 nitrogen and oxygen atoms in total. The van der Waals surface area contributed by atoms with E-state index in [1.54, 1.807) is 6.26 Å². The van der Waals surface area contributed by atoms with Crippen LogP contribution in [-0.4, -0.2) is 41.7 Å². The van der Waals surface area contributed by atoms with E-state index in [-0.39, 0.29) is 12.1 Å². The summed E-state index contributed by atoms with van der Waals surface area (Å²) in [6, 6.07) is 10.2. The summed E-state index contributed by atoms with van der Waals surface area (Å²) in [5.41, 5.74) is 0. The third-order valence-electron chi connectivity index (χ3n) is 4.80. The van der Waals surface area contributed by atoms with Crippen LogP contribution in [0.1, 0.15) is 18.6 Å². The summed E-state index contributed by atoms with van der Waals surface area (Å²) in [5.74, 6) is 2.52. The summed E-state index contributed by atoms with van der Waals surface area (Å²) in [5, 5.41) is 3.58. The molecule has 2 fully saturated rings. The van der Waals surface area contributed by atoms with Gasteiger partial charge in [-0.15, -0.1) is 0 Å². The fourth-order valence-electron chi connectivity index (χ4n) is 3.81. The highest BCUT2D eigenvalue weighted by molar-refractivity contribution is 5.35. The molecule has 3 atom stereocenters. The van der Waals surface area contributed by atoms with Crippen LogP contribution in [0, 0.1) is 5.92 Å². The largest absolute Gasteiger partial charge is 0.468 e. The molecule has 4 rings (SSSR count). The second kappa shape index (κ2) is 6.72. The molecule has 0 aromatic carbocycles. The van der Waals surface area contributed by atoms with E-state index in [2.05, 4.69) is 15.2 Å². The van der Waals surface area contributed by atoms with Crippen LogP contribution >= 0.6 is 0 Å². The Hall–Kier alpha value is -1.85. The smallest absolute Gasteiger partial charge is 0.126 e. The molecule has 4 heterocycles. The Bertz CT molecular complexity index is 602. The van der Waals surface area contributed by atoms with Gasteiger partial charge in [-0.25, -0.2) is 4.98 Å². The van der Waals surface area contributed by atoms with Gasteiger partial charge in [-0.2, -0.15) is 0 Å². The van der Waals surface area contributed by atoms with E-state index in [9.17, 15) is 0 Å². The first kappa shape index (κ1) is 14.7. The summed E-state index contributed by atoms with van der Waals surface area (Å²) >= 11 is 0. The summed E-state index contributed by atoms with van der Waals surface area (Å²) in [7, 11) is 0. The Kier molecular flexibility index (Phi) is 4.30. The number of pyridine rings is 1. The summed E-state index contributed by atoms with van der Waals surface area (Å²) in [6.45, 7) is 3.75. The molecule has 2 aliphatic heterocycles. The highest BCUT2D eigenvalue weighted by Crippen LogP contribution is 2.30. The molecule has 2 aromatic rings. The third-order valence-corrected chi connectivity index (χ3v) is 4.80. The first-order valence-corrected chi connectivity index (χ1v) is 8.42. The number of nitrogens with one attached hydrogen (secondary N) is 1. The second-order valence-corrected chi connectivity index (χ2v) is 6.48. The third kappa shape index (κ3) is 3.41. The topological polar surface area (TPSA) is 50.5 Å². The molecule has 1 N–H and O–H groups in total. The molecular formula is C18H23N3O2. The van der Waals surface area contributed by atoms with Gasteiger partial charge in [-0.3, -0.25) is 4.90 Å². The van der Waals surface area contributed by atoms with E-state index in [1.165, 1.54) is 6.42 Å². The Morgan fingerprint density at radius 3 is 3.04 bits per heavy atom. The van der Waals surface area contributed by atoms with Gasteiger partial charge in [0.1, 0.15) is 11.6 Å². The molecule has 0 unspecified atom stereocenters. The van der Waals surface area contributed by atoms with Crippen molar-refractivity contribution in [3.8, 4) is 0 Å². The minimum atomic E-state index is 0.263. The number of nitrogens with zero attached hydrogens (tertiary/aromatic N) is 2. The molecule has 23 heavy (non-hydrogen) atoms. The van der Waals surface area contributed by atoms with Gasteiger partial charge in [0.25, 0.3) is 0 Å². The van der Waals surface area contributed by atoms with Gasteiger partial charge in [0.2, 0.25) is 0 Å². The Labute approximate surface area is 136 Å². The summed E-state index contributed by atoms with van der Waals surface area (Å²) in [6.07, 6.45) is 6.24. The molecular weight excluding hydrogens is 290 g/mol.